The summed E-state index contributed by atoms with van der Waals surface area (Å²) in [7, 11) is 1.23. The van der Waals surface area contributed by atoms with Crippen molar-refractivity contribution in [1.82, 2.24) is 9.97 Å². The van der Waals surface area contributed by atoms with Crippen LogP contribution >= 0.6 is 0 Å². The molecule has 3 rings (SSSR count). The first-order valence-electron chi connectivity index (χ1n) is 7.90. The van der Waals surface area contributed by atoms with Crippen LogP contribution in [-0.2, 0) is 10.9 Å². The molecule has 0 saturated carbocycles. The number of ether oxygens (including phenoxy) is 1. The first-order chi connectivity index (χ1) is 13.2. The summed E-state index contributed by atoms with van der Waals surface area (Å²) in [6, 6.07) is 8.18. The summed E-state index contributed by atoms with van der Waals surface area (Å²) >= 11 is 0. The predicted octanol–water partition coefficient (Wildman–Crippen LogP) is 3.78. The summed E-state index contributed by atoms with van der Waals surface area (Å²) < 4.78 is 42.4. The summed E-state index contributed by atoms with van der Waals surface area (Å²) in [5.41, 5.74) is -0.688. The van der Waals surface area contributed by atoms with E-state index in [9.17, 15) is 27.9 Å². The quantitative estimate of drug-likeness (QED) is 0.525. The number of alkyl halides is 3. The van der Waals surface area contributed by atoms with Gasteiger partial charge in [-0.3, -0.25) is 4.79 Å². The molecular formula is C19H13F3N2O4. The molecule has 0 saturated heterocycles. The number of carbonyl (C=O) groups is 1. The van der Waals surface area contributed by atoms with E-state index in [0.717, 1.165) is 30.3 Å². The van der Waals surface area contributed by atoms with Crippen molar-refractivity contribution in [3.8, 4) is 0 Å². The van der Waals surface area contributed by atoms with Crippen LogP contribution in [0.1, 0.15) is 27.2 Å². The predicted molar refractivity (Wildman–Crippen MR) is 95.6 cm³/mol. The van der Waals surface area contributed by atoms with Crippen molar-refractivity contribution in [1.29, 1.82) is 0 Å². The third kappa shape index (κ3) is 3.88. The van der Waals surface area contributed by atoms with Gasteiger partial charge in [-0.15, -0.1) is 0 Å². The van der Waals surface area contributed by atoms with Gasteiger partial charge in [0.05, 0.1) is 29.3 Å². The number of hydrogen-bond acceptors (Lipinski definition) is 5. The Kier molecular flexibility index (Phi) is 4.91. The molecule has 0 amide bonds. The van der Waals surface area contributed by atoms with Crippen molar-refractivity contribution in [3.05, 3.63) is 75.2 Å². The van der Waals surface area contributed by atoms with E-state index in [1.165, 1.54) is 25.3 Å². The second kappa shape index (κ2) is 7.18. The number of aliphatic hydroxyl groups excluding tert-OH is 1. The minimum absolute atomic E-state index is 0.0929. The number of fused-ring (bicyclic) bond motifs is 1. The van der Waals surface area contributed by atoms with Crippen LogP contribution in [0.25, 0.3) is 22.9 Å². The Morgan fingerprint density at radius 3 is 2.39 bits per heavy atom. The van der Waals surface area contributed by atoms with Crippen LogP contribution in [0, 0.1) is 0 Å². The van der Waals surface area contributed by atoms with Gasteiger partial charge in [-0.25, -0.2) is 9.78 Å². The lowest BCUT2D eigenvalue weighted by atomic mass is 10.1. The molecule has 28 heavy (non-hydrogen) atoms. The molecule has 144 valence electrons. The molecule has 1 heterocycles. The molecule has 6 nitrogen and oxygen atoms in total. The Balaban J connectivity index is 1.97. The van der Waals surface area contributed by atoms with E-state index in [1.807, 2.05) is 0 Å². The lowest BCUT2D eigenvalue weighted by Crippen LogP contribution is -2.13. The second-order valence-electron chi connectivity index (χ2n) is 5.78. The molecule has 0 bridgehead atoms. The van der Waals surface area contributed by atoms with Gasteiger partial charge in [0.25, 0.3) is 5.56 Å². The maximum atomic E-state index is 12.6. The van der Waals surface area contributed by atoms with Crippen LogP contribution in [0.2, 0.25) is 0 Å². The normalized spacial score (nSPS) is 12.2. The van der Waals surface area contributed by atoms with Crippen LogP contribution < -0.4 is 5.56 Å². The van der Waals surface area contributed by atoms with E-state index in [2.05, 4.69) is 14.7 Å². The molecule has 0 radical (unpaired) electrons. The molecule has 0 fully saturated rings. The summed E-state index contributed by atoms with van der Waals surface area (Å²) in [6.45, 7) is 0. The monoisotopic (exact) mass is 390 g/mol. The molecule has 9 heteroatoms. The Labute approximate surface area is 155 Å². The topological polar surface area (TPSA) is 92.3 Å². The Morgan fingerprint density at radius 1 is 1.14 bits per heavy atom. The van der Waals surface area contributed by atoms with Crippen molar-refractivity contribution in [2.75, 3.05) is 7.11 Å². The van der Waals surface area contributed by atoms with Gasteiger partial charge >= 0.3 is 12.1 Å². The maximum absolute atomic E-state index is 12.6. The van der Waals surface area contributed by atoms with Gasteiger partial charge < -0.3 is 14.8 Å². The molecule has 0 aliphatic heterocycles. The summed E-state index contributed by atoms with van der Waals surface area (Å²) in [4.78, 5) is 30.4. The number of hydrogen-bond donors (Lipinski definition) is 2. The van der Waals surface area contributed by atoms with Crippen LogP contribution in [0.3, 0.4) is 0 Å². The smallest absolute Gasteiger partial charge is 0.416 e. The third-order valence-corrected chi connectivity index (χ3v) is 3.92. The minimum Gasteiger partial charge on any atom is -0.507 e. The number of aromatic nitrogens is 2. The summed E-state index contributed by atoms with van der Waals surface area (Å²) in [5, 5.41) is 10.1. The molecule has 0 aliphatic carbocycles. The highest BCUT2D eigenvalue weighted by Crippen LogP contribution is 2.30. The fraction of sp³-hybridized carbons (Fsp3) is 0.105. The molecule has 2 N–H and O–H groups in total. The largest absolute Gasteiger partial charge is 0.507 e. The van der Waals surface area contributed by atoms with Gasteiger partial charge in [-0.05, 0) is 30.3 Å². The third-order valence-electron chi connectivity index (χ3n) is 3.92. The Bertz CT molecular complexity index is 1130. The zero-order chi connectivity index (χ0) is 20.5. The van der Waals surface area contributed by atoms with E-state index in [0.29, 0.717) is 11.0 Å². The molecule has 0 atom stereocenters. The highest BCUT2D eigenvalue weighted by atomic mass is 19.4. The van der Waals surface area contributed by atoms with E-state index < -0.39 is 29.0 Å². The number of nitrogens with zero attached hydrogens (tertiary/aromatic N) is 1. The molecule has 0 unspecified atom stereocenters. The number of carbonyl (C=O) groups excluding carboxylic acids is 1. The van der Waals surface area contributed by atoms with Crippen LogP contribution in [0.15, 0.2) is 47.3 Å². The lowest BCUT2D eigenvalue weighted by molar-refractivity contribution is -0.137. The highest BCUT2D eigenvalue weighted by molar-refractivity contribution is 5.93. The van der Waals surface area contributed by atoms with E-state index >= 15 is 0 Å². The van der Waals surface area contributed by atoms with E-state index in [1.54, 1.807) is 0 Å². The second-order valence-corrected chi connectivity index (χ2v) is 5.78. The average molecular weight is 390 g/mol. The SMILES string of the molecule is COC(=O)c1ccc2nc(C=C(O)c3ccc(C(F)(F)F)cc3)c(=O)[nH]c2c1. The van der Waals surface area contributed by atoms with Gasteiger partial charge in [0.2, 0.25) is 0 Å². The minimum atomic E-state index is -4.49. The fourth-order valence-corrected chi connectivity index (χ4v) is 2.49. The number of benzene rings is 2. The average Bonchev–Trinajstić information content (AvgIpc) is 2.67. The number of nitrogens with one attached hydrogen (secondary N) is 1. The first-order valence-corrected chi connectivity index (χ1v) is 7.90. The molecule has 0 aliphatic rings. The lowest BCUT2D eigenvalue weighted by Gasteiger charge is -2.07. The van der Waals surface area contributed by atoms with Crippen molar-refractivity contribution in [3.63, 3.8) is 0 Å². The van der Waals surface area contributed by atoms with Crippen molar-refractivity contribution in [2.45, 2.75) is 6.18 Å². The van der Waals surface area contributed by atoms with E-state index in [-0.39, 0.29) is 16.8 Å². The number of aromatic amines is 1. The van der Waals surface area contributed by atoms with Gasteiger partial charge in [0.15, 0.2) is 0 Å². The Morgan fingerprint density at radius 2 is 1.79 bits per heavy atom. The van der Waals surface area contributed by atoms with Crippen molar-refractivity contribution >= 4 is 28.8 Å². The van der Waals surface area contributed by atoms with Crippen LogP contribution in [0.5, 0.6) is 0 Å². The number of halogens is 3. The molecule has 0 spiro atoms. The zero-order valence-corrected chi connectivity index (χ0v) is 14.4. The number of aliphatic hydroxyl groups is 1. The highest BCUT2D eigenvalue weighted by Gasteiger charge is 2.30. The fourth-order valence-electron chi connectivity index (χ4n) is 2.49. The summed E-state index contributed by atoms with van der Waals surface area (Å²) in [6.07, 6.45) is -3.44. The standard InChI is InChI=1S/C19H13F3N2O4/c1-28-18(27)11-4-7-13-14(8-11)24-17(26)15(23-13)9-16(25)10-2-5-12(6-3-10)19(20,21)22/h2-9,25H,1H3,(H,24,26). The van der Waals surface area contributed by atoms with Gasteiger partial charge in [-0.2, -0.15) is 13.2 Å². The van der Waals surface area contributed by atoms with Gasteiger partial charge in [0.1, 0.15) is 11.5 Å². The molecule has 2 aromatic carbocycles. The first kappa shape index (κ1) is 19.2. The molecular weight excluding hydrogens is 377 g/mol. The number of rotatable bonds is 3. The van der Waals surface area contributed by atoms with E-state index in [4.69, 9.17) is 0 Å². The number of esters is 1. The van der Waals surface area contributed by atoms with Gasteiger partial charge in [0, 0.05) is 11.6 Å². The van der Waals surface area contributed by atoms with Crippen molar-refractivity contribution in [2.24, 2.45) is 0 Å². The zero-order valence-electron chi connectivity index (χ0n) is 14.4. The number of H-pyrrole nitrogens is 1. The molecule has 3 aromatic rings. The number of methoxy groups -OCH3 is 1. The summed E-state index contributed by atoms with van der Waals surface area (Å²) in [5.74, 6) is -0.996. The molecule has 1 aromatic heterocycles. The van der Waals surface area contributed by atoms with Crippen molar-refractivity contribution < 1.29 is 27.8 Å². The van der Waals surface area contributed by atoms with Gasteiger partial charge in [-0.1, -0.05) is 12.1 Å². The van der Waals surface area contributed by atoms with Crippen LogP contribution in [-0.4, -0.2) is 28.2 Å². The van der Waals surface area contributed by atoms with Crippen LogP contribution in [0.4, 0.5) is 13.2 Å². The maximum Gasteiger partial charge on any atom is 0.416 e. The Hall–Kier alpha value is -3.62.